The van der Waals surface area contributed by atoms with Gasteiger partial charge in [-0.05, 0) is 68.4 Å². The van der Waals surface area contributed by atoms with Crippen molar-refractivity contribution >= 4 is 22.6 Å². The summed E-state index contributed by atoms with van der Waals surface area (Å²) in [5.74, 6) is 3.93. The van der Waals surface area contributed by atoms with Crippen LogP contribution < -0.4 is 24.8 Å². The standard InChI is InChI=1S/C27H30N4O4/c1-33-20-7-8-23-21(11-20)22-10-17(14-34-25(22)13-29-23)16-2-4-18(5-3-16)28-12-19-6-9-24-27(30-19)31-26(32)15-35-24/h6-9,11,13,16-18,28H,2-5,10,12,14-15H2,1H3,(H,30,31,32). The topological polar surface area (TPSA) is 94.6 Å². The number of amides is 1. The first-order valence-corrected chi connectivity index (χ1v) is 12.4. The highest BCUT2D eigenvalue weighted by atomic mass is 16.5. The van der Waals surface area contributed by atoms with E-state index in [1.807, 2.05) is 30.5 Å². The number of aromatic nitrogens is 2. The Balaban J connectivity index is 1.06. The minimum atomic E-state index is -0.161. The van der Waals surface area contributed by atoms with Crippen molar-refractivity contribution in [3.05, 3.63) is 47.8 Å². The highest BCUT2D eigenvalue weighted by Crippen LogP contribution is 2.40. The monoisotopic (exact) mass is 474 g/mol. The predicted octanol–water partition coefficient (Wildman–Crippen LogP) is 3.87. The van der Waals surface area contributed by atoms with Crippen LogP contribution in [0.15, 0.2) is 36.5 Å². The van der Waals surface area contributed by atoms with Gasteiger partial charge in [-0.15, -0.1) is 0 Å². The molecule has 0 bridgehead atoms. The van der Waals surface area contributed by atoms with Gasteiger partial charge in [0.05, 0.1) is 31.1 Å². The number of anilines is 1. The lowest BCUT2D eigenvalue weighted by Gasteiger charge is -2.36. The summed E-state index contributed by atoms with van der Waals surface area (Å²) < 4.78 is 17.0. The normalized spacial score (nSPS) is 23.5. The zero-order valence-electron chi connectivity index (χ0n) is 19.9. The molecule has 0 spiro atoms. The molecule has 1 aliphatic carbocycles. The molecule has 8 nitrogen and oxygen atoms in total. The SMILES string of the molecule is COc1ccc2ncc3c(c2c1)CC(C1CCC(NCc2ccc4c(n2)NC(=O)CO4)CC1)CO3. The molecular formula is C27H30N4O4. The summed E-state index contributed by atoms with van der Waals surface area (Å²) in [4.78, 5) is 20.7. The fraction of sp³-hybridized carbons (Fsp3) is 0.444. The third kappa shape index (κ3) is 4.50. The molecule has 3 aliphatic rings. The van der Waals surface area contributed by atoms with E-state index in [-0.39, 0.29) is 12.5 Å². The number of rotatable bonds is 5. The summed E-state index contributed by atoms with van der Waals surface area (Å²) in [5, 5.41) is 7.58. The molecule has 35 heavy (non-hydrogen) atoms. The number of pyridine rings is 2. The maximum Gasteiger partial charge on any atom is 0.263 e. The third-order valence-corrected chi connectivity index (χ3v) is 7.61. The van der Waals surface area contributed by atoms with Crippen molar-refractivity contribution in [2.45, 2.75) is 44.7 Å². The number of hydrogen-bond donors (Lipinski definition) is 2. The van der Waals surface area contributed by atoms with E-state index in [0.717, 1.165) is 54.0 Å². The first kappa shape index (κ1) is 22.1. The van der Waals surface area contributed by atoms with Crippen molar-refractivity contribution in [3.8, 4) is 17.2 Å². The third-order valence-electron chi connectivity index (χ3n) is 7.61. The Kier molecular flexibility index (Phi) is 5.90. The Hall–Kier alpha value is -3.39. The second kappa shape index (κ2) is 9.34. The molecule has 0 saturated heterocycles. The molecular weight excluding hydrogens is 444 g/mol. The molecule has 2 aromatic heterocycles. The van der Waals surface area contributed by atoms with Crippen LogP contribution >= 0.6 is 0 Å². The van der Waals surface area contributed by atoms with Crippen LogP contribution in [0, 0.1) is 11.8 Å². The van der Waals surface area contributed by atoms with Crippen LogP contribution in [0.1, 0.15) is 36.9 Å². The maximum atomic E-state index is 11.6. The lowest BCUT2D eigenvalue weighted by atomic mass is 9.75. The summed E-state index contributed by atoms with van der Waals surface area (Å²) in [6, 6.07) is 10.4. The zero-order valence-corrected chi connectivity index (χ0v) is 19.9. The average Bonchev–Trinajstić information content (AvgIpc) is 2.91. The molecule has 1 aromatic carbocycles. The molecule has 4 heterocycles. The number of fused-ring (bicyclic) bond motifs is 4. The van der Waals surface area contributed by atoms with Crippen LogP contribution in [0.3, 0.4) is 0 Å². The first-order chi connectivity index (χ1) is 17.2. The second-order valence-electron chi connectivity index (χ2n) is 9.74. The molecule has 1 saturated carbocycles. The highest BCUT2D eigenvalue weighted by molar-refractivity contribution is 5.94. The van der Waals surface area contributed by atoms with E-state index in [2.05, 4.69) is 26.7 Å². The van der Waals surface area contributed by atoms with E-state index in [9.17, 15) is 4.79 Å². The average molecular weight is 475 g/mol. The number of benzene rings is 1. The van der Waals surface area contributed by atoms with Crippen molar-refractivity contribution in [1.29, 1.82) is 0 Å². The Bertz CT molecular complexity index is 1250. The molecule has 1 unspecified atom stereocenters. The Labute approximate surface area is 204 Å². The molecule has 1 fully saturated rings. The molecule has 1 atom stereocenters. The first-order valence-electron chi connectivity index (χ1n) is 12.4. The fourth-order valence-electron chi connectivity index (χ4n) is 5.64. The number of ether oxygens (including phenoxy) is 3. The van der Waals surface area contributed by atoms with Crippen LogP contribution in [-0.2, 0) is 17.8 Å². The molecule has 2 aliphatic heterocycles. The van der Waals surface area contributed by atoms with Crippen LogP contribution in [0.2, 0.25) is 0 Å². The Morgan fingerprint density at radius 1 is 1.09 bits per heavy atom. The maximum absolute atomic E-state index is 11.6. The van der Waals surface area contributed by atoms with E-state index in [1.54, 1.807) is 7.11 Å². The number of carbonyl (C=O) groups is 1. The summed E-state index contributed by atoms with van der Waals surface area (Å²) in [5.41, 5.74) is 3.16. The van der Waals surface area contributed by atoms with Gasteiger partial charge in [0.1, 0.15) is 11.5 Å². The molecule has 2 N–H and O–H groups in total. The fourth-order valence-corrected chi connectivity index (χ4v) is 5.64. The van der Waals surface area contributed by atoms with Gasteiger partial charge >= 0.3 is 0 Å². The molecule has 182 valence electrons. The summed E-state index contributed by atoms with van der Waals surface area (Å²) in [6.45, 7) is 1.49. The van der Waals surface area contributed by atoms with E-state index in [1.165, 1.54) is 18.4 Å². The molecule has 8 heteroatoms. The van der Waals surface area contributed by atoms with Gasteiger partial charge in [0, 0.05) is 29.5 Å². The lowest BCUT2D eigenvalue weighted by Crippen LogP contribution is -2.37. The zero-order chi connectivity index (χ0) is 23.8. The van der Waals surface area contributed by atoms with Crippen LogP contribution in [0.4, 0.5) is 5.82 Å². The molecule has 0 radical (unpaired) electrons. The minimum Gasteiger partial charge on any atom is -0.497 e. The molecule has 6 rings (SSSR count). The summed E-state index contributed by atoms with van der Waals surface area (Å²) in [6.07, 6.45) is 7.56. The van der Waals surface area contributed by atoms with Gasteiger partial charge < -0.3 is 24.8 Å². The summed E-state index contributed by atoms with van der Waals surface area (Å²) >= 11 is 0. The number of nitrogens with one attached hydrogen (secondary N) is 2. The largest absolute Gasteiger partial charge is 0.497 e. The van der Waals surface area contributed by atoms with Gasteiger partial charge in [-0.25, -0.2) is 4.98 Å². The number of carbonyl (C=O) groups excluding carboxylic acids is 1. The Morgan fingerprint density at radius 2 is 1.97 bits per heavy atom. The number of methoxy groups -OCH3 is 1. The van der Waals surface area contributed by atoms with Gasteiger partial charge in [-0.2, -0.15) is 0 Å². The van der Waals surface area contributed by atoms with Gasteiger partial charge in [-0.1, -0.05) is 0 Å². The Morgan fingerprint density at radius 3 is 2.83 bits per heavy atom. The smallest absolute Gasteiger partial charge is 0.263 e. The van der Waals surface area contributed by atoms with Gasteiger partial charge in [-0.3, -0.25) is 9.78 Å². The van der Waals surface area contributed by atoms with E-state index in [4.69, 9.17) is 14.2 Å². The second-order valence-corrected chi connectivity index (χ2v) is 9.74. The van der Waals surface area contributed by atoms with Crippen molar-refractivity contribution in [2.24, 2.45) is 11.8 Å². The van der Waals surface area contributed by atoms with Gasteiger partial charge in [0.25, 0.3) is 5.91 Å². The van der Waals surface area contributed by atoms with Crippen molar-refractivity contribution < 1.29 is 19.0 Å². The van der Waals surface area contributed by atoms with E-state index < -0.39 is 0 Å². The molecule has 3 aromatic rings. The van der Waals surface area contributed by atoms with Crippen molar-refractivity contribution in [2.75, 3.05) is 25.6 Å². The van der Waals surface area contributed by atoms with Crippen molar-refractivity contribution in [3.63, 3.8) is 0 Å². The number of hydrogen-bond acceptors (Lipinski definition) is 7. The quantitative estimate of drug-likeness (QED) is 0.580. The molecule has 1 amide bonds. The van der Waals surface area contributed by atoms with Crippen LogP contribution in [0.25, 0.3) is 10.9 Å². The van der Waals surface area contributed by atoms with E-state index >= 15 is 0 Å². The van der Waals surface area contributed by atoms with Gasteiger partial charge in [0.2, 0.25) is 0 Å². The van der Waals surface area contributed by atoms with E-state index in [0.29, 0.717) is 36.0 Å². The minimum absolute atomic E-state index is 0.0500. The summed E-state index contributed by atoms with van der Waals surface area (Å²) in [7, 11) is 1.70. The van der Waals surface area contributed by atoms with Gasteiger partial charge in [0.15, 0.2) is 18.2 Å². The highest BCUT2D eigenvalue weighted by Gasteiger charge is 2.32. The predicted molar refractivity (Wildman–Crippen MR) is 132 cm³/mol. The van der Waals surface area contributed by atoms with Crippen LogP contribution in [-0.4, -0.2) is 42.2 Å². The van der Waals surface area contributed by atoms with Crippen molar-refractivity contribution in [1.82, 2.24) is 15.3 Å². The lowest BCUT2D eigenvalue weighted by molar-refractivity contribution is -0.118. The van der Waals surface area contributed by atoms with Crippen LogP contribution in [0.5, 0.6) is 17.2 Å². The number of nitrogens with zero attached hydrogens (tertiary/aromatic N) is 2.